The summed E-state index contributed by atoms with van der Waals surface area (Å²) in [4.78, 5) is 45.8. The number of hydrogen-bond donors (Lipinski definition) is 6. The van der Waals surface area contributed by atoms with Crippen LogP contribution in [0.25, 0.3) is 0 Å². The Labute approximate surface area is 711 Å². The van der Waals surface area contributed by atoms with Gasteiger partial charge in [0.25, 0.3) is 0 Å². The minimum absolute atomic E-state index is 0.0323. The Bertz CT molecular complexity index is 4130. The van der Waals surface area contributed by atoms with Gasteiger partial charge in [0, 0.05) is 159 Å². The van der Waals surface area contributed by atoms with Crippen LogP contribution in [0.1, 0.15) is 163 Å². The number of nitrogens with two attached hydrogens (primary N) is 1. The fraction of sp³-hybridized carbons (Fsp3) is 0.536. The van der Waals surface area contributed by atoms with Gasteiger partial charge in [-0.1, -0.05) is 113 Å². The molecule has 9 rings (SSSR count). The SMILES string of the molecule is Cc1cc(Cl)c2c(c1)[C@H](c1cccc(S(=O)(=O)NCCOCCOCCCC(=O)CCCCC(N)(CCCCC(=O)CCCOCCOCCNS(=O)(=O)c3cccc([C@@H]4CN(C)Cc5c(Cl)cc(Cl)cc54)c3)CCCNC(=O)NCCOCCOCCNS(=O)(=O)c3cccc([C@@H]4CN(C)Cc5c(Cl)cc(Cl)cc54)c3)c1)CN(C)C2. The highest BCUT2D eigenvalue weighted by atomic mass is 35.5. The number of halogens is 5. The van der Waals surface area contributed by atoms with Crippen molar-refractivity contribution in [2.75, 3.05) is 153 Å². The van der Waals surface area contributed by atoms with Crippen LogP contribution < -0.4 is 30.5 Å². The quantitative estimate of drug-likeness (QED) is 0.0193. The first-order valence-electron chi connectivity index (χ1n) is 40.0. The average molecular weight is 1760 g/mol. The lowest BCUT2D eigenvalue weighted by Gasteiger charge is -2.33. The summed E-state index contributed by atoms with van der Waals surface area (Å²) >= 11 is 32.6. The molecule has 3 aliphatic heterocycles. The molecule has 0 aliphatic carbocycles. The fourth-order valence-electron chi connectivity index (χ4n) is 15.1. The van der Waals surface area contributed by atoms with E-state index in [1.54, 1.807) is 66.7 Å². The van der Waals surface area contributed by atoms with E-state index in [1.807, 2.05) is 64.5 Å². The Kier molecular flexibility index (Phi) is 38.5. The van der Waals surface area contributed by atoms with E-state index in [-0.39, 0.29) is 136 Å². The highest BCUT2D eigenvalue weighted by molar-refractivity contribution is 7.90. The molecule has 4 atom stereocenters. The van der Waals surface area contributed by atoms with Gasteiger partial charge in [0.15, 0.2) is 0 Å². The van der Waals surface area contributed by atoms with Crippen molar-refractivity contribution in [1.29, 1.82) is 0 Å². The second-order valence-corrected chi connectivity index (χ2v) is 37.8. The number of carbonyl (C=O) groups excluding carboxylic acids is 3. The number of benzene rings is 6. The van der Waals surface area contributed by atoms with Gasteiger partial charge in [0.2, 0.25) is 30.1 Å². The lowest BCUT2D eigenvalue weighted by Crippen LogP contribution is -2.42. The first kappa shape index (κ1) is 94.6. The second-order valence-electron chi connectivity index (χ2n) is 30.4. The maximum atomic E-state index is 13.4. The first-order valence-corrected chi connectivity index (χ1v) is 46.3. The van der Waals surface area contributed by atoms with Gasteiger partial charge in [-0.2, -0.15) is 0 Å². The monoisotopic (exact) mass is 1760 g/mol. The number of ether oxygens (including phenoxy) is 6. The number of aryl methyl sites for hydroxylation is 1. The number of urea groups is 1. The standard InChI is InChI=1S/C84H114Cl5N9O15S3/c1-60-45-71-74(54-96(2)57-77(71)80(87)46-60)61-15-9-22-68(47-61)114(102,103)93-30-36-111-41-39-108-33-12-20-66(99)18-5-7-25-84(90,26-8-6-19-67(100)21-13-34-109-40-42-112-37-31-94-115(104,105)69-23-10-16-62(48-69)75-55-97(3)58-78-72(75)50-64(85)52-81(78)88)27-14-28-91-83(101)92-29-35-110-43-44-113-38-32-95-116(106,107)70-24-11-17-63(49-70)76-56-98(4)59-79-73(76)51-65(86)53-82(79)89/h9-11,15-17,22-24,45-53,74-76,93-95H,5-8,12-14,18-21,25-44,54-59,90H2,1-4H3,(H2,91,92,101)/t74-,75-,76-,84?/m0/s1. The molecule has 0 saturated heterocycles. The molecule has 3 heterocycles. The molecule has 6 aromatic carbocycles. The number of fused-ring (bicyclic) bond motifs is 3. The number of ketones is 2. The predicted molar refractivity (Wildman–Crippen MR) is 456 cm³/mol. The number of nitrogens with one attached hydrogen (secondary N) is 5. The van der Waals surface area contributed by atoms with Gasteiger partial charge in [-0.15, -0.1) is 0 Å². The van der Waals surface area contributed by atoms with E-state index in [2.05, 4.69) is 45.6 Å². The summed E-state index contributed by atoms with van der Waals surface area (Å²) in [6.45, 7) is 9.88. The van der Waals surface area contributed by atoms with Crippen LogP contribution in [0.2, 0.25) is 25.1 Å². The van der Waals surface area contributed by atoms with Crippen LogP contribution in [0.5, 0.6) is 0 Å². The van der Waals surface area contributed by atoms with Crippen LogP contribution >= 0.6 is 58.0 Å². The lowest BCUT2D eigenvalue weighted by atomic mass is 9.83. The van der Waals surface area contributed by atoms with Crippen LogP contribution in [0.15, 0.2) is 124 Å². The van der Waals surface area contributed by atoms with Gasteiger partial charge in [-0.3, -0.25) is 9.59 Å². The van der Waals surface area contributed by atoms with Gasteiger partial charge in [0.1, 0.15) is 11.6 Å². The third kappa shape index (κ3) is 30.1. The number of amides is 2. The number of sulfonamides is 3. The summed E-state index contributed by atoms with van der Waals surface area (Å²) in [5.74, 6) is -0.0138. The predicted octanol–water partition coefficient (Wildman–Crippen LogP) is 12.9. The molecule has 2 amide bonds. The van der Waals surface area contributed by atoms with Gasteiger partial charge in [0.05, 0.1) is 80.8 Å². The number of hydrogen-bond acceptors (Lipinski definition) is 19. The maximum Gasteiger partial charge on any atom is 0.314 e. The summed E-state index contributed by atoms with van der Waals surface area (Å²) in [5.41, 5.74) is 16.3. The molecule has 1 unspecified atom stereocenters. The van der Waals surface area contributed by atoms with Gasteiger partial charge < -0.3 is 59.5 Å². The maximum absolute atomic E-state index is 13.4. The molecule has 24 nitrogen and oxygen atoms in total. The molecule has 32 heteroatoms. The van der Waals surface area contributed by atoms with Crippen LogP contribution in [-0.4, -0.2) is 216 Å². The Balaban J connectivity index is 0.622. The van der Waals surface area contributed by atoms with E-state index >= 15 is 0 Å². The zero-order valence-electron chi connectivity index (χ0n) is 66.9. The van der Waals surface area contributed by atoms with E-state index < -0.39 is 35.6 Å². The minimum Gasteiger partial charge on any atom is -0.379 e. The van der Waals surface area contributed by atoms with E-state index in [1.165, 1.54) is 0 Å². The summed E-state index contributed by atoms with van der Waals surface area (Å²) < 4.78 is 122. The molecule has 3 aliphatic rings. The van der Waals surface area contributed by atoms with E-state index in [9.17, 15) is 39.6 Å². The minimum atomic E-state index is -3.85. The van der Waals surface area contributed by atoms with E-state index in [4.69, 9.17) is 92.2 Å². The van der Waals surface area contributed by atoms with Gasteiger partial charge >= 0.3 is 6.03 Å². The zero-order chi connectivity index (χ0) is 83.3. The molecular formula is C84H114Cl5N9O15S3. The van der Waals surface area contributed by atoms with Crippen LogP contribution in [0.3, 0.4) is 0 Å². The van der Waals surface area contributed by atoms with Crippen molar-refractivity contribution in [2.45, 2.75) is 154 Å². The Morgan fingerprint density at radius 1 is 0.405 bits per heavy atom. The molecule has 116 heavy (non-hydrogen) atoms. The molecule has 0 spiro atoms. The molecule has 0 fully saturated rings. The molecule has 638 valence electrons. The second kappa shape index (κ2) is 47.2. The molecule has 0 bridgehead atoms. The van der Waals surface area contributed by atoms with Crippen LogP contribution in [0, 0.1) is 6.92 Å². The van der Waals surface area contributed by atoms with Gasteiger partial charge in [-0.25, -0.2) is 44.2 Å². The van der Waals surface area contributed by atoms with Crippen LogP contribution in [-0.2, 0) is 87.7 Å². The Morgan fingerprint density at radius 2 is 0.733 bits per heavy atom. The first-order chi connectivity index (χ1) is 55.6. The third-order valence-corrected chi connectivity index (χ3v) is 26.8. The van der Waals surface area contributed by atoms with Crippen molar-refractivity contribution in [2.24, 2.45) is 5.73 Å². The van der Waals surface area contributed by atoms with E-state index in [0.717, 1.165) is 81.6 Å². The number of likely N-dealkylation sites (N-methyl/N-ethyl adjacent to an activating group) is 3. The van der Waals surface area contributed by atoms with Crippen molar-refractivity contribution >= 4 is 106 Å². The normalized spacial score (nSPS) is 16.7. The number of nitrogens with zero attached hydrogens (tertiary/aromatic N) is 3. The molecule has 7 N–H and O–H groups in total. The summed E-state index contributed by atoms with van der Waals surface area (Å²) in [5, 5.41) is 8.64. The Morgan fingerprint density at radius 3 is 1.12 bits per heavy atom. The lowest BCUT2D eigenvalue weighted by molar-refractivity contribution is -0.120. The smallest absolute Gasteiger partial charge is 0.314 e. The highest BCUT2D eigenvalue weighted by Crippen LogP contribution is 2.42. The summed E-state index contributed by atoms with van der Waals surface area (Å²) in [6, 6.07) is 31.9. The van der Waals surface area contributed by atoms with Crippen molar-refractivity contribution in [3.63, 3.8) is 0 Å². The number of Topliss-reactive ketones (excluding diaryl/α,β-unsaturated/α-hetero) is 2. The number of unbranched alkanes of at least 4 members (excludes halogenated alkanes) is 2. The van der Waals surface area contributed by atoms with Crippen molar-refractivity contribution in [3.8, 4) is 0 Å². The largest absolute Gasteiger partial charge is 0.379 e. The Hall–Kier alpha value is -5.29. The fourth-order valence-corrected chi connectivity index (χ4v) is 19.8. The highest BCUT2D eigenvalue weighted by Gasteiger charge is 2.33. The van der Waals surface area contributed by atoms with Crippen molar-refractivity contribution < 1.29 is 68.1 Å². The van der Waals surface area contributed by atoms with Gasteiger partial charge in [-0.05, 0) is 202 Å². The average Bonchev–Trinajstić information content (AvgIpc) is 0.782. The molecule has 0 aromatic heterocycles. The zero-order valence-corrected chi connectivity index (χ0v) is 73.2. The molecule has 6 aromatic rings. The molecule has 0 saturated carbocycles. The summed E-state index contributed by atoms with van der Waals surface area (Å²) in [6.07, 6.45) is 7.89. The third-order valence-electron chi connectivity index (χ3n) is 21.0. The topological polar surface area (TPSA) is 305 Å². The van der Waals surface area contributed by atoms with Crippen molar-refractivity contribution in [3.05, 3.63) is 190 Å². The molecule has 0 radical (unpaired) electrons. The summed E-state index contributed by atoms with van der Waals surface area (Å²) in [7, 11) is -5.46. The number of carbonyl (C=O) groups is 3. The van der Waals surface area contributed by atoms with Crippen LogP contribution in [0.4, 0.5) is 4.79 Å². The van der Waals surface area contributed by atoms with Crippen molar-refractivity contribution in [1.82, 2.24) is 39.5 Å². The van der Waals surface area contributed by atoms with E-state index in [0.29, 0.717) is 155 Å². The molecular weight excluding hydrogens is 1650 g/mol. The number of rotatable bonds is 52.